The Hall–Kier alpha value is -0.420. The summed E-state index contributed by atoms with van der Waals surface area (Å²) in [5, 5.41) is 34.0. The molecule has 0 aromatic heterocycles. The van der Waals surface area contributed by atoms with E-state index in [4.69, 9.17) is 20.4 Å². The lowest BCUT2D eigenvalue weighted by molar-refractivity contribution is -0.0328. The van der Waals surface area contributed by atoms with Crippen molar-refractivity contribution in [1.82, 2.24) is 0 Å². The molecule has 104 valence electrons. The molecule has 0 amide bonds. The van der Waals surface area contributed by atoms with E-state index < -0.39 is 31.8 Å². The predicted molar refractivity (Wildman–Crippen MR) is 69.7 cm³/mol. The van der Waals surface area contributed by atoms with Crippen LogP contribution in [-0.2, 0) is 0 Å². The highest BCUT2D eigenvalue weighted by molar-refractivity contribution is 5.08. The fourth-order valence-electron chi connectivity index (χ4n) is 0.877. The average Bonchev–Trinajstić information content (AvgIpc) is 2.32. The Labute approximate surface area is 105 Å². The maximum absolute atomic E-state index is 8.50. The highest BCUT2D eigenvalue weighted by atomic mass is 16.3. The molecule has 0 aromatic rings. The van der Waals surface area contributed by atoms with Crippen LogP contribution in [0.15, 0.2) is 11.1 Å². The van der Waals surface area contributed by atoms with Gasteiger partial charge in [0.2, 0.25) is 0 Å². The van der Waals surface area contributed by atoms with Gasteiger partial charge >= 0.3 is 0 Å². The van der Waals surface area contributed by atoms with Gasteiger partial charge < -0.3 is 20.4 Å². The molecule has 0 aliphatic rings. The first-order chi connectivity index (χ1) is 7.80. The fourth-order valence-corrected chi connectivity index (χ4v) is 0.877. The molecule has 0 radical (unpaired) electrons. The van der Waals surface area contributed by atoms with Crippen LogP contribution in [0.4, 0.5) is 0 Å². The van der Waals surface area contributed by atoms with Gasteiger partial charge in [0.25, 0.3) is 0 Å². The van der Waals surface area contributed by atoms with Crippen LogP contribution in [0, 0.1) is 11.3 Å². The van der Waals surface area contributed by atoms with Gasteiger partial charge in [-0.1, -0.05) is 25.0 Å². The second-order valence-electron chi connectivity index (χ2n) is 4.97. The van der Waals surface area contributed by atoms with Crippen LogP contribution in [0.5, 0.6) is 0 Å². The minimum atomic E-state index is -1.11. The van der Waals surface area contributed by atoms with E-state index in [0.29, 0.717) is 0 Å². The molecule has 0 atom stereocenters. The Morgan fingerprint density at radius 2 is 1.12 bits per heavy atom. The summed E-state index contributed by atoms with van der Waals surface area (Å²) < 4.78 is 0. The summed E-state index contributed by atoms with van der Waals surface area (Å²) in [6.07, 6.45) is 0. The average molecular weight is 248 g/mol. The fraction of sp³-hybridized carbons (Fsp3) is 0.846. The van der Waals surface area contributed by atoms with Gasteiger partial charge in [0.15, 0.2) is 0 Å². The third-order valence-electron chi connectivity index (χ3n) is 3.00. The molecular weight excluding hydrogens is 220 g/mol. The molecule has 17 heavy (non-hydrogen) atoms. The Morgan fingerprint density at radius 1 is 0.824 bits per heavy atom. The molecular formula is C13H28O4. The van der Waals surface area contributed by atoms with E-state index in [-0.39, 0.29) is 0 Å². The lowest BCUT2D eigenvalue weighted by atomic mass is 9.93. The molecule has 4 N–H and O–H groups in total. The van der Waals surface area contributed by atoms with Gasteiger partial charge in [0.05, 0.1) is 31.8 Å². The van der Waals surface area contributed by atoms with E-state index in [1.54, 1.807) is 0 Å². The van der Waals surface area contributed by atoms with E-state index in [2.05, 4.69) is 34.6 Å². The molecule has 4 nitrogen and oxygen atoms in total. The summed E-state index contributed by atoms with van der Waals surface area (Å²) in [5.41, 5.74) is 1.87. The quantitative estimate of drug-likeness (QED) is 0.546. The number of rotatable bonds is 5. The summed E-state index contributed by atoms with van der Waals surface area (Å²) in [5.74, 6) is 0.722. The first kappa shape index (κ1) is 18.9. The van der Waals surface area contributed by atoms with Crippen LogP contribution in [0.1, 0.15) is 34.6 Å². The SMILES string of the molecule is CC(C)=C(C)C(C)C.OCC(CO)(CO)CO. The zero-order valence-corrected chi connectivity index (χ0v) is 11.7. The molecule has 0 spiro atoms. The van der Waals surface area contributed by atoms with E-state index in [1.165, 1.54) is 11.1 Å². The molecule has 0 heterocycles. The van der Waals surface area contributed by atoms with Crippen LogP contribution < -0.4 is 0 Å². The maximum Gasteiger partial charge on any atom is 0.0627 e. The molecule has 0 aromatic carbocycles. The Balaban J connectivity index is 0. The lowest BCUT2D eigenvalue weighted by Crippen LogP contribution is -2.37. The van der Waals surface area contributed by atoms with Crippen molar-refractivity contribution in [3.63, 3.8) is 0 Å². The van der Waals surface area contributed by atoms with E-state index in [0.717, 1.165) is 5.92 Å². The zero-order valence-electron chi connectivity index (χ0n) is 11.7. The van der Waals surface area contributed by atoms with Crippen molar-refractivity contribution >= 4 is 0 Å². The van der Waals surface area contributed by atoms with Crippen molar-refractivity contribution in [2.45, 2.75) is 34.6 Å². The summed E-state index contributed by atoms with van der Waals surface area (Å²) in [6.45, 7) is 9.34. The Morgan fingerprint density at radius 3 is 1.12 bits per heavy atom. The molecule has 0 fully saturated rings. The lowest BCUT2D eigenvalue weighted by Gasteiger charge is -2.23. The first-order valence-electron chi connectivity index (χ1n) is 5.87. The van der Waals surface area contributed by atoms with Crippen molar-refractivity contribution in [3.05, 3.63) is 11.1 Å². The number of allylic oxidation sites excluding steroid dienone is 2. The first-order valence-corrected chi connectivity index (χ1v) is 5.87. The number of aliphatic hydroxyl groups is 4. The van der Waals surface area contributed by atoms with Crippen LogP contribution in [0.25, 0.3) is 0 Å². The summed E-state index contributed by atoms with van der Waals surface area (Å²) >= 11 is 0. The molecule has 0 unspecified atom stereocenters. The number of hydrogen-bond donors (Lipinski definition) is 4. The summed E-state index contributed by atoms with van der Waals surface area (Å²) in [4.78, 5) is 0. The van der Waals surface area contributed by atoms with E-state index in [1.807, 2.05) is 0 Å². The molecule has 0 bridgehead atoms. The van der Waals surface area contributed by atoms with Crippen molar-refractivity contribution < 1.29 is 20.4 Å². The molecule has 0 saturated heterocycles. The normalized spacial score (nSPS) is 10.9. The largest absolute Gasteiger partial charge is 0.396 e. The van der Waals surface area contributed by atoms with Gasteiger partial charge in [-0.15, -0.1) is 0 Å². The minimum Gasteiger partial charge on any atom is -0.396 e. The highest BCUT2D eigenvalue weighted by Crippen LogP contribution is 2.12. The van der Waals surface area contributed by atoms with Crippen LogP contribution >= 0.6 is 0 Å². The van der Waals surface area contributed by atoms with Crippen LogP contribution in [0.3, 0.4) is 0 Å². The predicted octanol–water partition coefficient (Wildman–Crippen LogP) is 0.941. The Kier molecular flexibility index (Phi) is 10.7. The third-order valence-corrected chi connectivity index (χ3v) is 3.00. The molecule has 0 saturated carbocycles. The zero-order chi connectivity index (χ0) is 14.1. The van der Waals surface area contributed by atoms with Crippen molar-refractivity contribution in [2.24, 2.45) is 11.3 Å². The van der Waals surface area contributed by atoms with Gasteiger partial charge in [-0.3, -0.25) is 0 Å². The summed E-state index contributed by atoms with van der Waals surface area (Å²) in [6, 6.07) is 0. The minimum absolute atomic E-state index is 0.406. The van der Waals surface area contributed by atoms with Crippen molar-refractivity contribution in [1.29, 1.82) is 0 Å². The van der Waals surface area contributed by atoms with Gasteiger partial charge in [0, 0.05) is 0 Å². The smallest absolute Gasteiger partial charge is 0.0627 e. The van der Waals surface area contributed by atoms with Gasteiger partial charge in [-0.05, 0) is 26.7 Å². The van der Waals surface area contributed by atoms with Gasteiger partial charge in [-0.25, -0.2) is 0 Å². The Bertz CT molecular complexity index is 196. The number of aliphatic hydroxyl groups excluding tert-OH is 4. The second kappa shape index (κ2) is 9.59. The van der Waals surface area contributed by atoms with Crippen molar-refractivity contribution in [2.75, 3.05) is 26.4 Å². The topological polar surface area (TPSA) is 80.9 Å². The molecule has 0 aliphatic carbocycles. The highest BCUT2D eigenvalue weighted by Gasteiger charge is 2.26. The van der Waals surface area contributed by atoms with Crippen molar-refractivity contribution in [3.8, 4) is 0 Å². The second-order valence-corrected chi connectivity index (χ2v) is 4.97. The van der Waals surface area contributed by atoms with Crippen LogP contribution in [0.2, 0.25) is 0 Å². The molecule has 0 aliphatic heterocycles. The van der Waals surface area contributed by atoms with Gasteiger partial charge in [0.1, 0.15) is 0 Å². The third kappa shape index (κ3) is 7.49. The van der Waals surface area contributed by atoms with Crippen LogP contribution in [-0.4, -0.2) is 46.9 Å². The standard InChI is InChI=1S/C8H16.C5H12O4/c1-6(2)8(5)7(3)4;6-1-5(2-7,3-8)4-9/h6H,1-5H3;6-9H,1-4H2. The molecule has 4 heteroatoms. The van der Waals surface area contributed by atoms with E-state index in [9.17, 15) is 0 Å². The number of hydrogen-bond acceptors (Lipinski definition) is 4. The van der Waals surface area contributed by atoms with E-state index >= 15 is 0 Å². The maximum atomic E-state index is 8.50. The molecule has 0 rings (SSSR count). The van der Waals surface area contributed by atoms with Gasteiger partial charge in [-0.2, -0.15) is 0 Å². The monoisotopic (exact) mass is 248 g/mol. The summed E-state index contributed by atoms with van der Waals surface area (Å²) in [7, 11) is 0.